The topological polar surface area (TPSA) is 72.9 Å². The van der Waals surface area contributed by atoms with Crippen molar-refractivity contribution in [1.82, 2.24) is 10.4 Å². The third kappa shape index (κ3) is 4.23. The zero-order valence-corrected chi connectivity index (χ0v) is 10.8. The van der Waals surface area contributed by atoms with Crippen LogP contribution in [0.3, 0.4) is 0 Å². The highest BCUT2D eigenvalue weighted by molar-refractivity contribution is 6.30. The molecule has 98 valence electrons. The Kier molecular flexibility index (Phi) is 4.94. The number of urea groups is 1. The molecule has 6 nitrogen and oxygen atoms in total. The van der Waals surface area contributed by atoms with Crippen molar-refractivity contribution < 1.29 is 14.7 Å². The second-order valence-electron chi connectivity index (χ2n) is 3.77. The Morgan fingerprint density at radius 3 is 2.28 bits per heavy atom. The van der Waals surface area contributed by atoms with Crippen LogP contribution in [-0.2, 0) is 4.79 Å². The Labute approximate surface area is 110 Å². The summed E-state index contributed by atoms with van der Waals surface area (Å²) in [7, 11) is 3.28. The summed E-state index contributed by atoms with van der Waals surface area (Å²) in [4.78, 5) is 23.7. The number of carboxylic acids is 1. The van der Waals surface area contributed by atoms with E-state index in [-0.39, 0.29) is 0 Å². The van der Waals surface area contributed by atoms with Crippen LogP contribution in [0, 0.1) is 0 Å². The molecule has 2 amide bonds. The van der Waals surface area contributed by atoms with Gasteiger partial charge in [-0.2, -0.15) is 0 Å². The fraction of sp³-hybridized carbons (Fsp3) is 0.273. The minimum atomic E-state index is -1.10. The van der Waals surface area contributed by atoms with Crippen LogP contribution < -0.4 is 10.3 Å². The van der Waals surface area contributed by atoms with Crippen LogP contribution in [0.1, 0.15) is 0 Å². The fourth-order valence-electron chi connectivity index (χ4n) is 1.29. The molecule has 0 heterocycles. The number of carbonyl (C=O) groups is 2. The number of halogens is 1. The van der Waals surface area contributed by atoms with E-state index < -0.39 is 18.5 Å². The smallest absolute Gasteiger partial charge is 0.336 e. The third-order valence-electron chi connectivity index (χ3n) is 2.00. The minimum Gasteiger partial charge on any atom is -0.480 e. The summed E-state index contributed by atoms with van der Waals surface area (Å²) >= 11 is 5.74. The van der Waals surface area contributed by atoms with Gasteiger partial charge in [-0.05, 0) is 24.3 Å². The molecule has 0 fully saturated rings. The number of benzene rings is 1. The number of hydrogen-bond acceptors (Lipinski definition) is 3. The van der Waals surface area contributed by atoms with Crippen LogP contribution in [0.15, 0.2) is 24.3 Å². The second kappa shape index (κ2) is 6.23. The summed E-state index contributed by atoms with van der Waals surface area (Å²) in [6, 6.07) is 5.83. The molecule has 0 spiro atoms. The van der Waals surface area contributed by atoms with Crippen molar-refractivity contribution in [2.75, 3.05) is 25.5 Å². The zero-order chi connectivity index (χ0) is 13.7. The number of hydrazine groups is 1. The summed E-state index contributed by atoms with van der Waals surface area (Å²) in [5.41, 5.74) is 2.94. The Morgan fingerprint density at radius 2 is 1.83 bits per heavy atom. The lowest BCUT2D eigenvalue weighted by atomic mass is 10.3. The van der Waals surface area contributed by atoms with Crippen molar-refractivity contribution in [3.05, 3.63) is 29.3 Å². The maximum Gasteiger partial charge on any atom is 0.336 e. The molecule has 1 rings (SSSR count). The predicted molar refractivity (Wildman–Crippen MR) is 68.7 cm³/mol. The Bertz CT molecular complexity index is 434. The molecule has 0 aliphatic heterocycles. The number of carboxylic acid groups (broad SMARTS) is 1. The highest BCUT2D eigenvalue weighted by Crippen LogP contribution is 2.18. The monoisotopic (exact) mass is 271 g/mol. The number of nitrogens with zero attached hydrogens (tertiary/aromatic N) is 2. The Balaban J connectivity index is 2.93. The van der Waals surface area contributed by atoms with Gasteiger partial charge in [0.25, 0.3) is 0 Å². The van der Waals surface area contributed by atoms with Gasteiger partial charge in [-0.25, -0.2) is 9.80 Å². The van der Waals surface area contributed by atoms with Gasteiger partial charge in [0, 0.05) is 24.8 Å². The van der Waals surface area contributed by atoms with Gasteiger partial charge < -0.3 is 5.11 Å². The van der Waals surface area contributed by atoms with Gasteiger partial charge in [0.05, 0.1) is 0 Å². The number of nitrogens with one attached hydrogen (secondary N) is 1. The lowest BCUT2D eigenvalue weighted by molar-refractivity contribution is -0.135. The van der Waals surface area contributed by atoms with Crippen LogP contribution in [0.5, 0.6) is 0 Å². The molecule has 1 aromatic rings. The average molecular weight is 272 g/mol. The molecule has 0 atom stereocenters. The summed E-state index contributed by atoms with van der Waals surface area (Å²) in [6.45, 7) is -0.429. The van der Waals surface area contributed by atoms with E-state index in [2.05, 4.69) is 5.43 Å². The summed E-state index contributed by atoms with van der Waals surface area (Å²) in [5, 5.41) is 10.8. The molecule has 2 N–H and O–H groups in total. The first-order valence-corrected chi connectivity index (χ1v) is 5.51. The highest BCUT2D eigenvalue weighted by atomic mass is 35.5. The van der Waals surface area contributed by atoms with Gasteiger partial charge in [0.1, 0.15) is 6.54 Å². The van der Waals surface area contributed by atoms with Crippen LogP contribution >= 0.6 is 11.6 Å². The van der Waals surface area contributed by atoms with Gasteiger partial charge in [-0.3, -0.25) is 15.1 Å². The van der Waals surface area contributed by atoms with Crippen molar-refractivity contribution in [2.45, 2.75) is 0 Å². The number of aliphatic carboxylic acids is 1. The van der Waals surface area contributed by atoms with E-state index in [1.54, 1.807) is 38.4 Å². The predicted octanol–water partition coefficient (Wildman–Crippen LogP) is 1.42. The van der Waals surface area contributed by atoms with Crippen LogP contribution in [0.4, 0.5) is 10.5 Å². The SMILES string of the molecule is CN(C)NC(=O)N(CC(=O)O)c1ccc(Cl)cc1. The molecular formula is C11H14ClN3O3. The average Bonchev–Trinajstić information content (AvgIpc) is 2.26. The van der Waals surface area contributed by atoms with Crippen LogP contribution in [-0.4, -0.2) is 42.8 Å². The van der Waals surface area contributed by atoms with Crippen molar-refractivity contribution in [2.24, 2.45) is 0 Å². The van der Waals surface area contributed by atoms with Crippen LogP contribution in [0.2, 0.25) is 5.02 Å². The number of hydrogen-bond donors (Lipinski definition) is 2. The van der Waals surface area contributed by atoms with Gasteiger partial charge >= 0.3 is 12.0 Å². The molecule has 0 unspecified atom stereocenters. The molecule has 0 aliphatic carbocycles. The molecule has 18 heavy (non-hydrogen) atoms. The Morgan fingerprint density at radius 1 is 1.28 bits per heavy atom. The lowest BCUT2D eigenvalue weighted by Crippen LogP contribution is -2.47. The zero-order valence-electron chi connectivity index (χ0n) is 10.1. The summed E-state index contributed by atoms with van der Waals surface area (Å²) in [5.74, 6) is -1.10. The van der Waals surface area contributed by atoms with E-state index in [0.29, 0.717) is 10.7 Å². The molecule has 0 aliphatic rings. The van der Waals surface area contributed by atoms with Gasteiger partial charge in [0.2, 0.25) is 0 Å². The number of carbonyl (C=O) groups excluding carboxylic acids is 1. The van der Waals surface area contributed by atoms with E-state index in [0.717, 1.165) is 4.90 Å². The number of amides is 2. The minimum absolute atomic E-state index is 0.429. The molecule has 0 saturated carbocycles. The van der Waals surface area contributed by atoms with E-state index in [1.807, 2.05) is 0 Å². The Hall–Kier alpha value is -1.79. The molecule has 0 saturated heterocycles. The van der Waals surface area contributed by atoms with Crippen molar-refractivity contribution >= 4 is 29.3 Å². The molecule has 0 radical (unpaired) electrons. The van der Waals surface area contributed by atoms with Crippen molar-refractivity contribution in [3.63, 3.8) is 0 Å². The molecule has 1 aromatic carbocycles. The summed E-state index contributed by atoms with van der Waals surface area (Å²) < 4.78 is 0. The number of anilines is 1. The van der Waals surface area contributed by atoms with Gasteiger partial charge in [-0.1, -0.05) is 11.6 Å². The van der Waals surface area contributed by atoms with Gasteiger partial charge in [0.15, 0.2) is 0 Å². The second-order valence-corrected chi connectivity index (χ2v) is 4.20. The fourth-order valence-corrected chi connectivity index (χ4v) is 1.41. The van der Waals surface area contributed by atoms with Crippen molar-refractivity contribution in [1.29, 1.82) is 0 Å². The van der Waals surface area contributed by atoms with E-state index in [9.17, 15) is 9.59 Å². The largest absolute Gasteiger partial charge is 0.480 e. The third-order valence-corrected chi connectivity index (χ3v) is 2.25. The molecular weight excluding hydrogens is 258 g/mol. The quantitative estimate of drug-likeness (QED) is 0.813. The highest BCUT2D eigenvalue weighted by Gasteiger charge is 2.19. The molecule has 7 heteroatoms. The lowest BCUT2D eigenvalue weighted by Gasteiger charge is -2.23. The maximum atomic E-state index is 11.9. The summed E-state index contributed by atoms with van der Waals surface area (Å²) in [6.07, 6.45) is 0. The van der Waals surface area contributed by atoms with Crippen molar-refractivity contribution in [3.8, 4) is 0 Å². The van der Waals surface area contributed by atoms with E-state index in [4.69, 9.17) is 16.7 Å². The maximum absolute atomic E-state index is 11.9. The van der Waals surface area contributed by atoms with E-state index in [1.165, 1.54) is 5.01 Å². The molecule has 0 bridgehead atoms. The first-order chi connectivity index (χ1) is 8.40. The standard InChI is InChI=1S/C11H14ClN3O3/c1-14(2)13-11(18)15(7-10(16)17)9-5-3-8(12)4-6-9/h3-6H,7H2,1-2H3,(H,13,18)(H,16,17). The van der Waals surface area contributed by atoms with E-state index >= 15 is 0 Å². The molecule has 0 aromatic heterocycles. The number of rotatable bonds is 4. The first kappa shape index (κ1) is 14.3. The first-order valence-electron chi connectivity index (χ1n) is 5.13. The van der Waals surface area contributed by atoms with Gasteiger partial charge in [-0.15, -0.1) is 0 Å². The van der Waals surface area contributed by atoms with Crippen LogP contribution in [0.25, 0.3) is 0 Å². The normalized spacial score (nSPS) is 10.2.